The van der Waals surface area contributed by atoms with E-state index in [1.165, 1.54) is 205 Å². The van der Waals surface area contributed by atoms with Crippen LogP contribution < -0.4 is 0 Å². The highest BCUT2D eigenvalue weighted by molar-refractivity contribution is 7.47. The summed E-state index contributed by atoms with van der Waals surface area (Å²) in [5.74, 6) is 0.910. The normalized spacial score (nSPS) is 14.3. The van der Waals surface area contributed by atoms with Crippen LogP contribution in [0.25, 0.3) is 0 Å². The van der Waals surface area contributed by atoms with Crippen molar-refractivity contribution in [2.24, 2.45) is 23.7 Å². The van der Waals surface area contributed by atoms with Crippen LogP contribution in [0.5, 0.6) is 0 Å². The van der Waals surface area contributed by atoms with Gasteiger partial charge in [-0.3, -0.25) is 37.3 Å². The van der Waals surface area contributed by atoms with Crippen LogP contribution in [-0.2, 0) is 65.4 Å². The molecule has 0 aromatic rings. The van der Waals surface area contributed by atoms with Gasteiger partial charge in [-0.05, 0) is 49.4 Å². The molecule has 0 rings (SSSR count). The van der Waals surface area contributed by atoms with Gasteiger partial charge in [-0.15, -0.1) is 0 Å². The molecule has 0 aliphatic rings. The summed E-state index contributed by atoms with van der Waals surface area (Å²) < 4.78 is 68.6. The van der Waals surface area contributed by atoms with Crippen molar-refractivity contribution < 1.29 is 80.2 Å². The second-order valence-electron chi connectivity index (χ2n) is 30.5. The number of phosphoric acid groups is 2. The van der Waals surface area contributed by atoms with E-state index in [1.807, 2.05) is 0 Å². The summed E-state index contributed by atoms with van der Waals surface area (Å²) in [6.07, 6.45) is 55.9. The summed E-state index contributed by atoms with van der Waals surface area (Å²) in [5.41, 5.74) is 0. The van der Waals surface area contributed by atoms with E-state index in [0.29, 0.717) is 31.6 Å². The number of esters is 4. The van der Waals surface area contributed by atoms with Crippen molar-refractivity contribution in [2.45, 2.75) is 427 Å². The highest BCUT2D eigenvalue weighted by Gasteiger charge is 2.30. The summed E-state index contributed by atoms with van der Waals surface area (Å²) in [7, 11) is -9.92. The van der Waals surface area contributed by atoms with E-state index < -0.39 is 97.5 Å². The maximum atomic E-state index is 13.1. The molecule has 0 amide bonds. The van der Waals surface area contributed by atoms with Gasteiger partial charge in [0.15, 0.2) is 12.2 Å². The topological polar surface area (TPSA) is 237 Å². The van der Waals surface area contributed by atoms with Crippen molar-refractivity contribution in [3.8, 4) is 0 Å². The SMILES string of the molecule is CCC(C)CCCCCCCCC(=O)OC[C@H](COP(=O)(O)OC[C@H](O)COP(=O)(O)OC[C@@H](COC(=O)CCCCCCCCCCCCCCCCCCCCC(C)C)OC(=O)CCCCCCCCCCCCCCCCCCC(C)C)OC(=O)CCCCCCCCC(C)C. The van der Waals surface area contributed by atoms with Crippen LogP contribution in [0.1, 0.15) is 409 Å². The maximum Gasteiger partial charge on any atom is 0.472 e. The van der Waals surface area contributed by atoms with E-state index in [0.717, 1.165) is 114 Å². The lowest BCUT2D eigenvalue weighted by molar-refractivity contribution is -0.161. The Bertz CT molecular complexity index is 1940. The lowest BCUT2D eigenvalue weighted by atomic mass is 10.00. The summed E-state index contributed by atoms with van der Waals surface area (Å²) in [6.45, 7) is 14.2. The molecular weight excluding hydrogens is 1290 g/mol. The molecule has 0 spiro atoms. The van der Waals surface area contributed by atoms with Crippen molar-refractivity contribution in [3.05, 3.63) is 0 Å². The smallest absolute Gasteiger partial charge is 0.462 e. The van der Waals surface area contributed by atoms with Gasteiger partial charge in [0.1, 0.15) is 19.3 Å². The van der Waals surface area contributed by atoms with Crippen LogP contribution >= 0.6 is 15.6 Å². The minimum Gasteiger partial charge on any atom is -0.462 e. The number of hydrogen-bond donors (Lipinski definition) is 3. The minimum atomic E-state index is -4.96. The predicted octanol–water partition coefficient (Wildman–Crippen LogP) is 23.6. The predicted molar refractivity (Wildman–Crippen MR) is 404 cm³/mol. The lowest BCUT2D eigenvalue weighted by Gasteiger charge is -2.21. The van der Waals surface area contributed by atoms with Gasteiger partial charge >= 0.3 is 39.5 Å². The number of aliphatic hydroxyl groups is 1. The zero-order valence-electron chi connectivity index (χ0n) is 65.1. The first-order chi connectivity index (χ1) is 47.6. The van der Waals surface area contributed by atoms with Crippen LogP contribution in [0.15, 0.2) is 0 Å². The highest BCUT2D eigenvalue weighted by Crippen LogP contribution is 2.45. The molecular formula is C80H156O17P2. The van der Waals surface area contributed by atoms with Crippen molar-refractivity contribution in [2.75, 3.05) is 39.6 Å². The van der Waals surface area contributed by atoms with Crippen LogP contribution in [-0.4, -0.2) is 96.7 Å². The molecule has 0 saturated heterocycles. The number of carbonyl (C=O) groups is 4. The van der Waals surface area contributed by atoms with Gasteiger partial charge in [0.25, 0.3) is 0 Å². The zero-order chi connectivity index (χ0) is 73.1. The Morgan fingerprint density at radius 2 is 0.485 bits per heavy atom. The third kappa shape index (κ3) is 72.8. The van der Waals surface area contributed by atoms with Gasteiger partial charge in [-0.2, -0.15) is 0 Å². The molecule has 0 radical (unpaired) electrons. The molecule has 0 saturated carbocycles. The third-order valence-corrected chi connectivity index (χ3v) is 20.8. The monoisotopic (exact) mass is 1450 g/mol. The van der Waals surface area contributed by atoms with Crippen molar-refractivity contribution in [3.63, 3.8) is 0 Å². The fourth-order valence-electron chi connectivity index (χ4n) is 12.2. The molecule has 0 aromatic heterocycles. The highest BCUT2D eigenvalue weighted by atomic mass is 31.2. The Labute approximate surface area is 607 Å². The molecule has 19 heteroatoms. The van der Waals surface area contributed by atoms with Crippen molar-refractivity contribution in [1.82, 2.24) is 0 Å². The van der Waals surface area contributed by atoms with Crippen molar-refractivity contribution >= 4 is 39.5 Å². The van der Waals surface area contributed by atoms with Gasteiger partial charge in [0.05, 0.1) is 26.4 Å². The Balaban J connectivity index is 5.18. The molecule has 0 heterocycles. The van der Waals surface area contributed by atoms with E-state index in [9.17, 15) is 43.2 Å². The second kappa shape index (κ2) is 69.1. The van der Waals surface area contributed by atoms with Gasteiger partial charge in [-0.25, -0.2) is 9.13 Å². The zero-order valence-corrected chi connectivity index (χ0v) is 66.9. The first-order valence-electron chi connectivity index (χ1n) is 41.2. The molecule has 0 fully saturated rings. The van der Waals surface area contributed by atoms with Crippen LogP contribution in [0.3, 0.4) is 0 Å². The van der Waals surface area contributed by atoms with Gasteiger partial charge in [0, 0.05) is 25.7 Å². The van der Waals surface area contributed by atoms with Gasteiger partial charge < -0.3 is 33.8 Å². The molecule has 0 aliphatic carbocycles. The number of hydrogen-bond acceptors (Lipinski definition) is 15. The van der Waals surface area contributed by atoms with Gasteiger partial charge in [0.2, 0.25) is 0 Å². The van der Waals surface area contributed by atoms with E-state index >= 15 is 0 Å². The quantitative estimate of drug-likeness (QED) is 0.0222. The van der Waals surface area contributed by atoms with E-state index in [-0.39, 0.29) is 25.7 Å². The summed E-state index contributed by atoms with van der Waals surface area (Å²) in [4.78, 5) is 72.8. The number of unbranched alkanes of at least 4 members (excludes halogenated alkanes) is 42. The lowest BCUT2D eigenvalue weighted by Crippen LogP contribution is -2.30. The molecule has 17 nitrogen and oxygen atoms in total. The van der Waals surface area contributed by atoms with Crippen LogP contribution in [0.4, 0.5) is 0 Å². The van der Waals surface area contributed by atoms with Gasteiger partial charge in [-0.1, -0.05) is 357 Å². The third-order valence-electron chi connectivity index (χ3n) is 18.9. The molecule has 588 valence electrons. The van der Waals surface area contributed by atoms with Crippen LogP contribution in [0.2, 0.25) is 0 Å². The minimum absolute atomic E-state index is 0.101. The Kier molecular flexibility index (Phi) is 67.8. The molecule has 0 aliphatic heterocycles. The number of phosphoric ester groups is 2. The number of ether oxygens (including phenoxy) is 4. The van der Waals surface area contributed by atoms with E-state index in [2.05, 4.69) is 55.4 Å². The van der Waals surface area contributed by atoms with E-state index in [1.54, 1.807) is 0 Å². The second-order valence-corrected chi connectivity index (χ2v) is 33.4. The Morgan fingerprint density at radius 3 is 0.717 bits per heavy atom. The fraction of sp³-hybridized carbons (Fsp3) is 0.950. The molecule has 3 unspecified atom stereocenters. The standard InChI is InChI=1S/C80H156O17P2/c1-9-73(8)59-51-43-37-39-45-53-61-78(83)91-67-76(97-80(85)63-55-47-38-36-42-50-58-72(6)7)69-95-99(88,89)93-65-74(81)64-92-98(86,87)94-68-75(96-79(84)62-54-46-35-31-27-23-19-15-14-17-21-25-29-33-41-49-57-71(4)5)66-90-77(82)60-52-44-34-30-26-22-18-13-11-10-12-16-20-24-28-32-40-48-56-70(2)3/h70-76,81H,9-69H2,1-8H3,(H,86,87)(H,88,89)/t73?,74-,75-,76-/m1/s1. The average Bonchev–Trinajstić information content (AvgIpc) is 1.01. The maximum absolute atomic E-state index is 13.1. The fourth-order valence-corrected chi connectivity index (χ4v) is 13.8. The van der Waals surface area contributed by atoms with Crippen molar-refractivity contribution in [1.29, 1.82) is 0 Å². The van der Waals surface area contributed by atoms with Crippen LogP contribution in [0, 0.1) is 23.7 Å². The average molecular weight is 1450 g/mol. The molecule has 0 aromatic carbocycles. The number of aliphatic hydroxyl groups excluding tert-OH is 1. The number of rotatable bonds is 77. The molecule has 99 heavy (non-hydrogen) atoms. The molecule has 3 N–H and O–H groups in total. The summed E-state index contributed by atoms with van der Waals surface area (Å²) in [6, 6.07) is 0. The first kappa shape index (κ1) is 97.1. The van der Waals surface area contributed by atoms with E-state index in [4.69, 9.17) is 37.0 Å². The summed E-state index contributed by atoms with van der Waals surface area (Å²) >= 11 is 0. The molecule has 6 atom stereocenters. The molecule has 0 bridgehead atoms. The largest absolute Gasteiger partial charge is 0.472 e. The Morgan fingerprint density at radius 1 is 0.283 bits per heavy atom. The first-order valence-corrected chi connectivity index (χ1v) is 44.2. The summed E-state index contributed by atoms with van der Waals surface area (Å²) in [5, 5.41) is 10.6. The number of carbonyl (C=O) groups excluding carboxylic acids is 4. The Hall–Kier alpha value is -1.94.